The predicted molar refractivity (Wildman–Crippen MR) is 89.3 cm³/mol. The molecule has 1 N–H and O–H groups in total. The number of rotatable bonds is 5. The zero-order chi connectivity index (χ0) is 16.1. The van der Waals surface area contributed by atoms with Gasteiger partial charge in [-0.25, -0.2) is 0 Å². The maximum Gasteiger partial charge on any atom is 0.193 e. The molecule has 22 heavy (non-hydrogen) atoms. The number of aliphatic imine (C=N–C) groups is 1. The number of hydrogen-bond acceptors (Lipinski definition) is 3. The molecular weight excluding hydrogens is 278 g/mol. The fourth-order valence-electron chi connectivity index (χ4n) is 3.06. The van der Waals surface area contributed by atoms with Crippen molar-refractivity contribution >= 4 is 5.96 Å². The zero-order valence-corrected chi connectivity index (χ0v) is 14.5. The van der Waals surface area contributed by atoms with Gasteiger partial charge in [-0.2, -0.15) is 5.10 Å². The topological polar surface area (TPSA) is 54.7 Å². The number of guanidine groups is 1. The Balaban J connectivity index is 1.83. The molecule has 6 heteroatoms. The number of aryl methyl sites for hydroxylation is 2. The van der Waals surface area contributed by atoms with E-state index in [1.54, 1.807) is 0 Å². The van der Waals surface area contributed by atoms with E-state index in [0.29, 0.717) is 5.92 Å². The Hall–Kier alpha value is -1.56. The van der Waals surface area contributed by atoms with Gasteiger partial charge in [0.25, 0.3) is 0 Å². The normalized spacial score (nSPS) is 18.8. The molecule has 2 rings (SSSR count). The summed E-state index contributed by atoms with van der Waals surface area (Å²) in [6.07, 6.45) is 2.11. The largest absolute Gasteiger partial charge is 0.381 e. The van der Waals surface area contributed by atoms with Crippen molar-refractivity contribution in [1.29, 1.82) is 0 Å². The molecule has 0 saturated carbocycles. The van der Waals surface area contributed by atoms with Gasteiger partial charge in [-0.3, -0.25) is 9.67 Å². The standard InChI is InChI=1S/C16H29N5O/c1-12-15(13(2)21(5)19-12)6-8-18-16(17-3)20(4)10-14-7-9-22-11-14/h14H,6-11H2,1-5H3,(H,17,18). The van der Waals surface area contributed by atoms with Gasteiger partial charge in [0.2, 0.25) is 0 Å². The predicted octanol–water partition coefficient (Wildman–Crippen LogP) is 1.12. The van der Waals surface area contributed by atoms with Gasteiger partial charge in [0.05, 0.1) is 12.3 Å². The van der Waals surface area contributed by atoms with Gasteiger partial charge < -0.3 is 15.0 Å². The summed E-state index contributed by atoms with van der Waals surface area (Å²) in [4.78, 5) is 6.58. The lowest BCUT2D eigenvalue weighted by Gasteiger charge is -2.24. The highest BCUT2D eigenvalue weighted by molar-refractivity contribution is 5.79. The zero-order valence-electron chi connectivity index (χ0n) is 14.5. The van der Waals surface area contributed by atoms with Crippen LogP contribution in [-0.4, -0.2) is 61.0 Å². The Labute approximate surface area is 133 Å². The molecule has 2 heterocycles. The first-order valence-electron chi connectivity index (χ1n) is 8.01. The molecule has 0 aromatic carbocycles. The molecule has 1 aromatic rings. The second kappa shape index (κ2) is 7.63. The first-order chi connectivity index (χ1) is 10.5. The van der Waals surface area contributed by atoms with E-state index in [0.717, 1.165) is 50.8 Å². The summed E-state index contributed by atoms with van der Waals surface area (Å²) in [5.74, 6) is 1.57. The van der Waals surface area contributed by atoms with Crippen LogP contribution >= 0.6 is 0 Å². The lowest BCUT2D eigenvalue weighted by molar-refractivity contribution is 0.181. The first kappa shape index (κ1) is 16.8. The smallest absolute Gasteiger partial charge is 0.193 e. The van der Waals surface area contributed by atoms with Crippen LogP contribution in [0.1, 0.15) is 23.4 Å². The average molecular weight is 307 g/mol. The number of nitrogens with one attached hydrogen (secondary N) is 1. The minimum Gasteiger partial charge on any atom is -0.381 e. The Bertz CT molecular complexity index is 517. The van der Waals surface area contributed by atoms with Gasteiger partial charge in [-0.05, 0) is 32.3 Å². The second-order valence-electron chi connectivity index (χ2n) is 6.11. The van der Waals surface area contributed by atoms with Gasteiger partial charge in [-0.1, -0.05) is 0 Å². The molecule has 1 saturated heterocycles. The Morgan fingerprint density at radius 2 is 2.27 bits per heavy atom. The van der Waals surface area contributed by atoms with Gasteiger partial charge in [-0.15, -0.1) is 0 Å². The van der Waals surface area contributed by atoms with Crippen molar-refractivity contribution in [3.8, 4) is 0 Å². The quantitative estimate of drug-likeness (QED) is 0.654. The lowest BCUT2D eigenvalue weighted by Crippen LogP contribution is -2.42. The van der Waals surface area contributed by atoms with Crippen LogP contribution in [0.4, 0.5) is 0 Å². The fourth-order valence-corrected chi connectivity index (χ4v) is 3.06. The van der Waals surface area contributed by atoms with Gasteiger partial charge in [0.1, 0.15) is 0 Å². The molecule has 0 amide bonds. The van der Waals surface area contributed by atoms with E-state index in [1.807, 2.05) is 18.8 Å². The van der Waals surface area contributed by atoms with Crippen molar-refractivity contribution in [2.24, 2.45) is 18.0 Å². The van der Waals surface area contributed by atoms with Crippen LogP contribution in [0.3, 0.4) is 0 Å². The Morgan fingerprint density at radius 3 is 2.82 bits per heavy atom. The molecule has 1 aromatic heterocycles. The van der Waals surface area contributed by atoms with E-state index >= 15 is 0 Å². The first-order valence-corrected chi connectivity index (χ1v) is 8.01. The summed E-state index contributed by atoms with van der Waals surface area (Å²) in [5.41, 5.74) is 3.69. The van der Waals surface area contributed by atoms with Crippen LogP contribution in [0.25, 0.3) is 0 Å². The number of hydrogen-bond donors (Lipinski definition) is 1. The van der Waals surface area contributed by atoms with Crippen LogP contribution in [0, 0.1) is 19.8 Å². The molecule has 1 aliphatic rings. The minimum atomic E-state index is 0.617. The molecule has 6 nitrogen and oxygen atoms in total. The minimum absolute atomic E-state index is 0.617. The molecule has 1 aliphatic heterocycles. The molecule has 1 atom stereocenters. The van der Waals surface area contributed by atoms with Gasteiger partial charge in [0.15, 0.2) is 5.96 Å². The third kappa shape index (κ3) is 4.00. The van der Waals surface area contributed by atoms with Crippen molar-refractivity contribution < 1.29 is 4.74 Å². The van der Waals surface area contributed by atoms with Crippen LogP contribution in [0.5, 0.6) is 0 Å². The van der Waals surface area contributed by atoms with E-state index in [9.17, 15) is 0 Å². The lowest BCUT2D eigenvalue weighted by atomic mass is 10.1. The number of ether oxygens (including phenoxy) is 1. The van der Waals surface area contributed by atoms with E-state index in [-0.39, 0.29) is 0 Å². The van der Waals surface area contributed by atoms with Crippen molar-refractivity contribution in [3.05, 3.63) is 17.0 Å². The van der Waals surface area contributed by atoms with Crippen molar-refractivity contribution in [2.45, 2.75) is 26.7 Å². The van der Waals surface area contributed by atoms with E-state index in [1.165, 1.54) is 11.3 Å². The fraction of sp³-hybridized carbons (Fsp3) is 0.750. The Kier molecular flexibility index (Phi) is 5.83. The summed E-state index contributed by atoms with van der Waals surface area (Å²) >= 11 is 0. The highest BCUT2D eigenvalue weighted by Crippen LogP contribution is 2.14. The van der Waals surface area contributed by atoms with Crippen LogP contribution in [0.2, 0.25) is 0 Å². The van der Waals surface area contributed by atoms with Crippen molar-refractivity contribution in [2.75, 3.05) is 40.4 Å². The van der Waals surface area contributed by atoms with Crippen LogP contribution in [-0.2, 0) is 18.2 Å². The average Bonchev–Trinajstić information content (AvgIpc) is 3.06. The molecule has 1 unspecified atom stereocenters. The monoisotopic (exact) mass is 307 g/mol. The summed E-state index contributed by atoms with van der Waals surface area (Å²) in [6, 6.07) is 0. The van der Waals surface area contributed by atoms with Gasteiger partial charge in [0, 0.05) is 52.5 Å². The maximum atomic E-state index is 5.44. The van der Waals surface area contributed by atoms with Gasteiger partial charge >= 0.3 is 0 Å². The molecule has 0 aliphatic carbocycles. The number of nitrogens with zero attached hydrogens (tertiary/aromatic N) is 4. The molecular formula is C16H29N5O. The third-order valence-corrected chi connectivity index (χ3v) is 4.45. The third-order valence-electron chi connectivity index (χ3n) is 4.45. The van der Waals surface area contributed by atoms with E-state index in [2.05, 4.69) is 41.2 Å². The SMILES string of the molecule is CN=C(NCCc1c(C)nn(C)c1C)N(C)CC1CCOC1. The van der Waals surface area contributed by atoms with Crippen molar-refractivity contribution in [1.82, 2.24) is 20.0 Å². The molecule has 0 radical (unpaired) electrons. The van der Waals surface area contributed by atoms with E-state index in [4.69, 9.17) is 4.74 Å². The Morgan fingerprint density at radius 1 is 1.50 bits per heavy atom. The van der Waals surface area contributed by atoms with Crippen molar-refractivity contribution in [3.63, 3.8) is 0 Å². The maximum absolute atomic E-state index is 5.44. The summed E-state index contributed by atoms with van der Waals surface area (Å²) in [7, 11) is 5.93. The molecule has 0 spiro atoms. The van der Waals surface area contributed by atoms with Crippen LogP contribution in [0.15, 0.2) is 4.99 Å². The number of aromatic nitrogens is 2. The highest BCUT2D eigenvalue weighted by Gasteiger charge is 2.19. The van der Waals surface area contributed by atoms with E-state index < -0.39 is 0 Å². The summed E-state index contributed by atoms with van der Waals surface area (Å²) < 4.78 is 7.39. The molecule has 124 valence electrons. The highest BCUT2D eigenvalue weighted by atomic mass is 16.5. The molecule has 1 fully saturated rings. The second-order valence-corrected chi connectivity index (χ2v) is 6.11. The van der Waals surface area contributed by atoms with Crippen LogP contribution < -0.4 is 5.32 Å². The summed E-state index contributed by atoms with van der Waals surface area (Å²) in [5, 5.41) is 7.92. The summed E-state index contributed by atoms with van der Waals surface area (Å²) in [6.45, 7) is 7.81. The molecule has 0 bridgehead atoms.